The molecule has 20 heavy (non-hydrogen) atoms. The smallest absolute Gasteiger partial charge is 0.123 e. The summed E-state index contributed by atoms with van der Waals surface area (Å²) >= 11 is 12.1. The fourth-order valence-electron chi connectivity index (χ4n) is 2.20. The minimum Gasteiger partial charge on any atom is -0.385 e. The first-order chi connectivity index (χ1) is 9.44. The molecule has 1 nitrogen and oxygen atoms in total. The van der Waals surface area contributed by atoms with E-state index in [1.54, 1.807) is 30.3 Å². The van der Waals surface area contributed by atoms with Crippen molar-refractivity contribution in [3.63, 3.8) is 0 Å². The summed E-state index contributed by atoms with van der Waals surface area (Å²) in [5, 5.41) is 11.9. The topological polar surface area (TPSA) is 20.2 Å². The number of benzene rings is 2. The highest BCUT2D eigenvalue weighted by molar-refractivity contribution is 6.33. The van der Waals surface area contributed by atoms with Crippen molar-refractivity contribution in [1.82, 2.24) is 0 Å². The molecule has 0 saturated heterocycles. The fourth-order valence-corrected chi connectivity index (χ4v) is 2.58. The Bertz CT molecular complexity index is 615. The Morgan fingerprint density at radius 3 is 2.55 bits per heavy atom. The van der Waals surface area contributed by atoms with Crippen LogP contribution in [0, 0.1) is 5.82 Å². The zero-order valence-corrected chi connectivity index (χ0v) is 12.5. The highest BCUT2D eigenvalue weighted by Crippen LogP contribution is 2.33. The molecule has 0 bridgehead atoms. The summed E-state index contributed by atoms with van der Waals surface area (Å²) in [6.07, 6.45) is 0.728. The minimum atomic E-state index is -1.17. The molecule has 1 atom stereocenters. The molecular weight excluding hydrogens is 298 g/mol. The lowest BCUT2D eigenvalue weighted by Crippen LogP contribution is -2.28. The first kappa shape index (κ1) is 15.3. The molecule has 2 aromatic carbocycles. The van der Waals surface area contributed by atoms with Gasteiger partial charge in [-0.05, 0) is 47.9 Å². The van der Waals surface area contributed by atoms with Gasteiger partial charge in [0.05, 0.1) is 5.60 Å². The van der Waals surface area contributed by atoms with Gasteiger partial charge in [0.15, 0.2) is 0 Å². The van der Waals surface area contributed by atoms with Crippen molar-refractivity contribution in [3.05, 3.63) is 69.5 Å². The van der Waals surface area contributed by atoms with Crippen LogP contribution in [0.5, 0.6) is 0 Å². The molecule has 0 amide bonds. The standard InChI is InChI=1S/C16H15Cl2FO/c1-2-16(20,12-4-3-5-14(19)9-12)10-11-8-13(17)6-7-15(11)18/h3-9,20H,2,10H2,1H3. The minimum absolute atomic E-state index is 0.284. The van der Waals surface area contributed by atoms with Crippen LogP contribution in [0.15, 0.2) is 42.5 Å². The quantitative estimate of drug-likeness (QED) is 0.844. The fraction of sp³-hybridized carbons (Fsp3) is 0.250. The van der Waals surface area contributed by atoms with E-state index >= 15 is 0 Å². The molecule has 0 radical (unpaired) electrons. The predicted molar refractivity (Wildman–Crippen MR) is 80.8 cm³/mol. The number of hydrogen-bond acceptors (Lipinski definition) is 1. The number of halogens is 3. The van der Waals surface area contributed by atoms with E-state index in [0.717, 1.165) is 5.56 Å². The summed E-state index contributed by atoms with van der Waals surface area (Å²) in [7, 11) is 0. The molecule has 106 valence electrons. The average molecular weight is 313 g/mol. The van der Waals surface area contributed by atoms with E-state index in [0.29, 0.717) is 22.0 Å². The van der Waals surface area contributed by atoms with Gasteiger partial charge in [0.1, 0.15) is 5.82 Å². The summed E-state index contributed by atoms with van der Waals surface area (Å²) < 4.78 is 13.4. The van der Waals surface area contributed by atoms with Gasteiger partial charge in [-0.2, -0.15) is 0 Å². The highest BCUT2D eigenvalue weighted by Gasteiger charge is 2.28. The third-order valence-corrected chi connectivity index (χ3v) is 4.04. The number of rotatable bonds is 4. The predicted octanol–water partition coefficient (Wildman–Crippen LogP) is 4.97. The van der Waals surface area contributed by atoms with Crippen molar-refractivity contribution in [2.24, 2.45) is 0 Å². The van der Waals surface area contributed by atoms with E-state index in [-0.39, 0.29) is 12.2 Å². The number of aliphatic hydroxyl groups is 1. The lowest BCUT2D eigenvalue weighted by Gasteiger charge is -2.28. The van der Waals surface area contributed by atoms with Gasteiger partial charge in [0.25, 0.3) is 0 Å². The normalized spacial score (nSPS) is 14.1. The SMILES string of the molecule is CCC(O)(Cc1cc(Cl)ccc1Cl)c1cccc(F)c1. The Balaban J connectivity index is 2.39. The van der Waals surface area contributed by atoms with Gasteiger partial charge in [-0.3, -0.25) is 0 Å². The zero-order valence-electron chi connectivity index (χ0n) is 11.0. The molecule has 2 aromatic rings. The Hall–Kier alpha value is -1.09. The molecule has 0 aliphatic heterocycles. The average Bonchev–Trinajstić information content (AvgIpc) is 2.43. The first-order valence-electron chi connectivity index (χ1n) is 6.37. The zero-order chi connectivity index (χ0) is 14.8. The van der Waals surface area contributed by atoms with Crippen molar-refractivity contribution in [1.29, 1.82) is 0 Å². The van der Waals surface area contributed by atoms with Gasteiger partial charge in [-0.15, -0.1) is 0 Å². The number of hydrogen-bond donors (Lipinski definition) is 1. The maximum atomic E-state index is 13.4. The summed E-state index contributed by atoms with van der Waals surface area (Å²) in [5.41, 5.74) is 0.111. The van der Waals surface area contributed by atoms with Crippen LogP contribution >= 0.6 is 23.2 Å². The van der Waals surface area contributed by atoms with Gasteiger partial charge in [-0.1, -0.05) is 42.3 Å². The maximum absolute atomic E-state index is 13.4. The second-order valence-electron chi connectivity index (χ2n) is 4.81. The molecule has 4 heteroatoms. The summed E-state index contributed by atoms with van der Waals surface area (Å²) in [6, 6.07) is 11.1. The molecular formula is C16H15Cl2FO. The third-order valence-electron chi connectivity index (χ3n) is 3.44. The first-order valence-corrected chi connectivity index (χ1v) is 7.12. The Labute approximate surface area is 128 Å². The Morgan fingerprint density at radius 1 is 1.15 bits per heavy atom. The summed E-state index contributed by atoms with van der Waals surface area (Å²) in [5.74, 6) is -0.369. The lowest BCUT2D eigenvalue weighted by molar-refractivity contribution is 0.0324. The van der Waals surface area contributed by atoms with Crippen molar-refractivity contribution >= 4 is 23.2 Å². The second kappa shape index (κ2) is 6.13. The molecule has 2 rings (SSSR count). The largest absolute Gasteiger partial charge is 0.385 e. The molecule has 1 unspecified atom stereocenters. The van der Waals surface area contributed by atoms with Gasteiger partial charge >= 0.3 is 0 Å². The van der Waals surface area contributed by atoms with Crippen LogP contribution in [-0.2, 0) is 12.0 Å². The molecule has 0 aliphatic carbocycles. The highest BCUT2D eigenvalue weighted by atomic mass is 35.5. The van der Waals surface area contributed by atoms with E-state index in [1.807, 2.05) is 6.92 Å². The maximum Gasteiger partial charge on any atom is 0.123 e. The van der Waals surface area contributed by atoms with Gasteiger partial charge < -0.3 is 5.11 Å². The Kier molecular flexibility index (Phi) is 4.69. The van der Waals surface area contributed by atoms with Crippen LogP contribution < -0.4 is 0 Å². The van der Waals surface area contributed by atoms with Gasteiger partial charge in [0.2, 0.25) is 0 Å². The molecule has 0 saturated carbocycles. The van der Waals surface area contributed by atoms with Crippen molar-refractivity contribution in [2.45, 2.75) is 25.4 Å². The van der Waals surface area contributed by atoms with Crippen molar-refractivity contribution in [3.8, 4) is 0 Å². The van der Waals surface area contributed by atoms with Crippen molar-refractivity contribution in [2.75, 3.05) is 0 Å². The van der Waals surface area contributed by atoms with Crippen LogP contribution in [0.1, 0.15) is 24.5 Å². The van der Waals surface area contributed by atoms with E-state index in [2.05, 4.69) is 0 Å². The van der Waals surface area contributed by atoms with E-state index in [1.165, 1.54) is 12.1 Å². The summed E-state index contributed by atoms with van der Waals surface area (Å²) in [4.78, 5) is 0. The molecule has 0 aliphatic rings. The van der Waals surface area contributed by atoms with Crippen LogP contribution in [0.4, 0.5) is 4.39 Å². The van der Waals surface area contributed by atoms with E-state index < -0.39 is 5.60 Å². The molecule has 1 N–H and O–H groups in total. The monoisotopic (exact) mass is 312 g/mol. The lowest BCUT2D eigenvalue weighted by atomic mass is 9.85. The second-order valence-corrected chi connectivity index (χ2v) is 5.65. The van der Waals surface area contributed by atoms with E-state index in [9.17, 15) is 9.50 Å². The summed E-state index contributed by atoms with van der Waals surface area (Å²) in [6.45, 7) is 1.85. The molecule has 0 aromatic heterocycles. The van der Waals surface area contributed by atoms with Crippen LogP contribution in [0.3, 0.4) is 0 Å². The van der Waals surface area contributed by atoms with Crippen LogP contribution in [-0.4, -0.2) is 5.11 Å². The van der Waals surface area contributed by atoms with Crippen LogP contribution in [0.2, 0.25) is 10.0 Å². The van der Waals surface area contributed by atoms with Gasteiger partial charge in [-0.25, -0.2) is 4.39 Å². The van der Waals surface area contributed by atoms with E-state index in [4.69, 9.17) is 23.2 Å². The molecule has 0 heterocycles. The van der Waals surface area contributed by atoms with Crippen molar-refractivity contribution < 1.29 is 9.50 Å². The third kappa shape index (κ3) is 3.32. The molecule has 0 fully saturated rings. The molecule has 0 spiro atoms. The van der Waals surface area contributed by atoms with Crippen LogP contribution in [0.25, 0.3) is 0 Å². The Morgan fingerprint density at radius 2 is 1.90 bits per heavy atom. The van der Waals surface area contributed by atoms with Gasteiger partial charge in [0, 0.05) is 16.5 Å².